The van der Waals surface area contributed by atoms with E-state index in [1.165, 1.54) is 12.1 Å². The van der Waals surface area contributed by atoms with Crippen LogP contribution in [-0.4, -0.2) is 22.6 Å². The molecule has 0 amide bonds. The maximum atomic E-state index is 12.9. The van der Waals surface area contributed by atoms with Crippen LogP contribution in [0.4, 0.5) is 13.2 Å². The second-order valence-corrected chi connectivity index (χ2v) is 7.22. The molecule has 0 aromatic heterocycles. The lowest BCUT2D eigenvalue weighted by Crippen LogP contribution is -2.12. The molecule has 156 valence electrons. The Morgan fingerprint density at radius 1 is 0.935 bits per heavy atom. The van der Waals surface area contributed by atoms with E-state index >= 15 is 0 Å². The molecule has 1 aliphatic heterocycles. The van der Waals surface area contributed by atoms with Crippen molar-refractivity contribution in [3.05, 3.63) is 94.5 Å². The number of fused-ring (bicyclic) bond motifs is 1. The Balaban J connectivity index is 1.50. The molecule has 1 heterocycles. The fraction of sp³-hybridized carbons (Fsp3) is 0.125. The second kappa shape index (κ2) is 7.83. The number of alkyl halides is 3. The standard InChI is InChI=1S/C24H16F3NO3/c25-24(26,27)19-3-1-2-17(12-19)21(29)10-14-4-6-15(7-5-14)16-8-9-20-18(11-16)13-28-22(20)23(30)31/h1-9,11-12H,10,13H2,(H,30,31). The van der Waals surface area contributed by atoms with Crippen molar-refractivity contribution in [2.75, 3.05) is 0 Å². The fourth-order valence-electron chi connectivity index (χ4n) is 3.54. The Kier molecular flexibility index (Phi) is 5.19. The monoisotopic (exact) mass is 423 g/mol. The SMILES string of the molecule is O=C(O)C1=NCc2cc(-c3ccc(CC(=O)c4cccc(C(F)(F)F)c4)cc3)ccc21. The highest BCUT2D eigenvalue weighted by atomic mass is 19.4. The van der Waals surface area contributed by atoms with Gasteiger partial charge in [-0.1, -0.05) is 48.5 Å². The van der Waals surface area contributed by atoms with Gasteiger partial charge in [0.15, 0.2) is 11.5 Å². The van der Waals surface area contributed by atoms with E-state index < -0.39 is 23.5 Å². The average Bonchev–Trinajstić information content (AvgIpc) is 3.17. The molecule has 0 radical (unpaired) electrons. The van der Waals surface area contributed by atoms with Crippen molar-refractivity contribution in [1.82, 2.24) is 0 Å². The van der Waals surface area contributed by atoms with Crippen LogP contribution in [0.15, 0.2) is 71.7 Å². The van der Waals surface area contributed by atoms with Gasteiger partial charge in [-0.3, -0.25) is 9.79 Å². The topological polar surface area (TPSA) is 66.7 Å². The molecule has 0 aliphatic carbocycles. The zero-order chi connectivity index (χ0) is 22.2. The summed E-state index contributed by atoms with van der Waals surface area (Å²) in [7, 11) is 0. The summed E-state index contributed by atoms with van der Waals surface area (Å²) in [5.74, 6) is -1.45. The van der Waals surface area contributed by atoms with Crippen LogP contribution in [-0.2, 0) is 23.9 Å². The van der Waals surface area contributed by atoms with E-state index in [9.17, 15) is 27.9 Å². The summed E-state index contributed by atoms with van der Waals surface area (Å²) in [6, 6.07) is 17.0. The molecule has 0 spiro atoms. The number of Topliss-reactive ketones (excluding diaryl/α,β-unsaturated/α-hetero) is 1. The van der Waals surface area contributed by atoms with Crippen molar-refractivity contribution >= 4 is 17.5 Å². The first-order chi connectivity index (χ1) is 14.7. The second-order valence-electron chi connectivity index (χ2n) is 7.22. The summed E-state index contributed by atoms with van der Waals surface area (Å²) in [5.41, 5.74) is 3.12. The van der Waals surface area contributed by atoms with Crippen LogP contribution in [0.5, 0.6) is 0 Å². The van der Waals surface area contributed by atoms with E-state index in [1.807, 2.05) is 24.3 Å². The Hall–Kier alpha value is -3.74. The highest BCUT2D eigenvalue weighted by Gasteiger charge is 2.30. The molecule has 3 aromatic carbocycles. The van der Waals surface area contributed by atoms with Crippen LogP contribution in [0.3, 0.4) is 0 Å². The van der Waals surface area contributed by atoms with Crippen LogP contribution in [0.2, 0.25) is 0 Å². The number of carbonyl (C=O) groups is 2. The van der Waals surface area contributed by atoms with Gasteiger partial charge in [0.25, 0.3) is 0 Å². The number of hydrogen-bond donors (Lipinski definition) is 1. The minimum Gasteiger partial charge on any atom is -0.477 e. The summed E-state index contributed by atoms with van der Waals surface area (Å²) in [4.78, 5) is 27.7. The normalized spacial score (nSPS) is 12.9. The van der Waals surface area contributed by atoms with Crippen molar-refractivity contribution in [3.63, 3.8) is 0 Å². The lowest BCUT2D eigenvalue weighted by molar-refractivity contribution is -0.137. The Morgan fingerprint density at radius 3 is 2.32 bits per heavy atom. The Bertz CT molecular complexity index is 1210. The molecule has 0 atom stereocenters. The molecule has 4 nitrogen and oxygen atoms in total. The number of halogens is 3. The number of aliphatic carboxylic acids is 1. The molecule has 0 unspecified atom stereocenters. The predicted molar refractivity (Wildman–Crippen MR) is 109 cm³/mol. The average molecular weight is 423 g/mol. The van der Waals surface area contributed by atoms with Gasteiger partial charge in [0, 0.05) is 17.5 Å². The molecule has 0 bridgehead atoms. The molecular weight excluding hydrogens is 407 g/mol. The molecule has 31 heavy (non-hydrogen) atoms. The van der Waals surface area contributed by atoms with Gasteiger partial charge >= 0.3 is 12.1 Å². The molecule has 1 aliphatic rings. The number of nitrogens with zero attached hydrogens (tertiary/aromatic N) is 1. The fourth-order valence-corrected chi connectivity index (χ4v) is 3.54. The van der Waals surface area contributed by atoms with Gasteiger partial charge in [-0.05, 0) is 40.5 Å². The number of carboxylic acid groups (broad SMARTS) is 1. The van der Waals surface area contributed by atoms with Gasteiger partial charge in [-0.2, -0.15) is 13.2 Å². The highest BCUT2D eigenvalue weighted by molar-refractivity contribution is 6.43. The molecule has 0 saturated heterocycles. The van der Waals surface area contributed by atoms with Gasteiger partial charge in [0.1, 0.15) is 0 Å². The van der Waals surface area contributed by atoms with E-state index in [-0.39, 0.29) is 17.7 Å². The highest BCUT2D eigenvalue weighted by Crippen LogP contribution is 2.30. The number of carboxylic acids is 1. The van der Waals surface area contributed by atoms with Crippen LogP contribution in [0, 0.1) is 0 Å². The molecule has 7 heteroatoms. The van der Waals surface area contributed by atoms with Crippen LogP contribution < -0.4 is 0 Å². The number of carbonyl (C=O) groups excluding carboxylic acids is 1. The first-order valence-electron chi connectivity index (χ1n) is 9.43. The van der Waals surface area contributed by atoms with Crippen LogP contribution in [0.1, 0.15) is 32.6 Å². The van der Waals surface area contributed by atoms with Crippen molar-refractivity contribution in [2.24, 2.45) is 4.99 Å². The van der Waals surface area contributed by atoms with Crippen molar-refractivity contribution in [3.8, 4) is 11.1 Å². The quantitative estimate of drug-likeness (QED) is 0.575. The Morgan fingerprint density at radius 2 is 1.65 bits per heavy atom. The maximum Gasteiger partial charge on any atom is 0.416 e. The lowest BCUT2D eigenvalue weighted by atomic mass is 9.96. The largest absolute Gasteiger partial charge is 0.477 e. The van der Waals surface area contributed by atoms with Gasteiger partial charge in [-0.15, -0.1) is 0 Å². The van der Waals surface area contributed by atoms with Crippen LogP contribution in [0.25, 0.3) is 11.1 Å². The molecular formula is C24H16F3NO3. The minimum absolute atomic E-state index is 0.0123. The van der Waals surface area contributed by atoms with E-state index in [1.54, 1.807) is 18.2 Å². The van der Waals surface area contributed by atoms with Gasteiger partial charge in [-0.25, -0.2) is 4.79 Å². The molecule has 0 saturated carbocycles. The van der Waals surface area contributed by atoms with E-state index in [2.05, 4.69) is 4.99 Å². The third-order valence-electron chi connectivity index (χ3n) is 5.13. The summed E-state index contributed by atoms with van der Waals surface area (Å²) >= 11 is 0. The number of benzene rings is 3. The summed E-state index contributed by atoms with van der Waals surface area (Å²) in [6.07, 6.45) is -4.51. The van der Waals surface area contributed by atoms with Crippen molar-refractivity contribution < 1.29 is 27.9 Å². The summed E-state index contributed by atoms with van der Waals surface area (Å²) in [6.45, 7) is 0.314. The van der Waals surface area contributed by atoms with E-state index in [0.717, 1.165) is 28.8 Å². The van der Waals surface area contributed by atoms with Gasteiger partial charge < -0.3 is 5.11 Å². The third kappa shape index (κ3) is 4.26. The lowest BCUT2D eigenvalue weighted by Gasteiger charge is -2.09. The number of aliphatic imine (C=N–C) groups is 1. The summed E-state index contributed by atoms with van der Waals surface area (Å²) in [5, 5.41) is 9.17. The predicted octanol–water partition coefficient (Wildman–Crippen LogP) is 5.19. The summed E-state index contributed by atoms with van der Waals surface area (Å²) < 4.78 is 38.6. The number of rotatable bonds is 5. The zero-order valence-corrected chi connectivity index (χ0v) is 16.1. The molecule has 3 aromatic rings. The minimum atomic E-state index is -4.50. The third-order valence-corrected chi connectivity index (χ3v) is 5.13. The molecule has 1 N–H and O–H groups in total. The van der Waals surface area contributed by atoms with Crippen molar-refractivity contribution in [2.45, 2.75) is 19.1 Å². The first kappa shape index (κ1) is 20.5. The van der Waals surface area contributed by atoms with E-state index in [0.29, 0.717) is 17.7 Å². The molecule has 0 fully saturated rings. The molecule has 4 rings (SSSR count). The Labute approximate surface area is 175 Å². The first-order valence-corrected chi connectivity index (χ1v) is 9.43. The van der Waals surface area contributed by atoms with E-state index in [4.69, 9.17) is 0 Å². The smallest absolute Gasteiger partial charge is 0.416 e. The van der Waals surface area contributed by atoms with Gasteiger partial charge in [0.05, 0.1) is 12.1 Å². The van der Waals surface area contributed by atoms with Crippen molar-refractivity contribution in [1.29, 1.82) is 0 Å². The maximum absolute atomic E-state index is 12.9. The zero-order valence-electron chi connectivity index (χ0n) is 16.1. The number of ketones is 1. The van der Waals surface area contributed by atoms with Crippen LogP contribution >= 0.6 is 0 Å². The van der Waals surface area contributed by atoms with Gasteiger partial charge in [0.2, 0.25) is 0 Å². The number of hydrogen-bond acceptors (Lipinski definition) is 3.